The normalized spacial score (nSPS) is 48.9. The van der Waals surface area contributed by atoms with Crippen LogP contribution in [0.25, 0.3) is 0 Å². The van der Waals surface area contributed by atoms with Gasteiger partial charge in [-0.3, -0.25) is 9.59 Å². The van der Waals surface area contributed by atoms with Crippen molar-refractivity contribution in [2.45, 2.75) is 57.7 Å². The highest BCUT2D eigenvalue weighted by Crippen LogP contribution is 2.67. The van der Waals surface area contributed by atoms with E-state index in [0.29, 0.717) is 25.7 Å². The van der Waals surface area contributed by atoms with Crippen LogP contribution < -0.4 is 0 Å². The summed E-state index contributed by atoms with van der Waals surface area (Å²) in [5.41, 5.74) is -2.48. The maximum Gasteiger partial charge on any atom is 0.192 e. The Bertz CT molecular complexity index is 769. The maximum atomic E-state index is 12.9. The zero-order valence-electron chi connectivity index (χ0n) is 15.8. The Balaban J connectivity index is 1.74. The van der Waals surface area contributed by atoms with Gasteiger partial charge in [0.15, 0.2) is 17.2 Å². The van der Waals surface area contributed by atoms with Crippen molar-refractivity contribution < 1.29 is 30.0 Å². The van der Waals surface area contributed by atoms with E-state index in [0.717, 1.165) is 12.0 Å². The summed E-state index contributed by atoms with van der Waals surface area (Å²) < 4.78 is 0. The average molecular weight is 376 g/mol. The van der Waals surface area contributed by atoms with Gasteiger partial charge in [-0.05, 0) is 62.9 Å². The van der Waals surface area contributed by atoms with Crippen LogP contribution >= 0.6 is 0 Å². The van der Waals surface area contributed by atoms with Crippen LogP contribution in [0.1, 0.15) is 46.0 Å². The molecule has 0 bridgehead atoms. The molecular formula is C21H28O6. The summed E-state index contributed by atoms with van der Waals surface area (Å²) >= 11 is 0. The summed E-state index contributed by atoms with van der Waals surface area (Å²) in [5, 5.41) is 41.0. The molecule has 0 saturated heterocycles. The van der Waals surface area contributed by atoms with E-state index >= 15 is 0 Å². The molecular weight excluding hydrogens is 348 g/mol. The topological polar surface area (TPSA) is 115 Å². The van der Waals surface area contributed by atoms with Gasteiger partial charge < -0.3 is 20.4 Å². The van der Waals surface area contributed by atoms with E-state index in [1.165, 1.54) is 6.08 Å². The molecule has 0 aromatic heterocycles. The van der Waals surface area contributed by atoms with Crippen molar-refractivity contribution in [3.8, 4) is 0 Å². The zero-order chi connectivity index (χ0) is 19.8. The lowest BCUT2D eigenvalue weighted by Gasteiger charge is -2.57. The highest BCUT2D eigenvalue weighted by molar-refractivity contribution is 5.99. The summed E-state index contributed by atoms with van der Waals surface area (Å²) in [4.78, 5) is 25.3. The van der Waals surface area contributed by atoms with Gasteiger partial charge in [-0.1, -0.05) is 12.5 Å². The van der Waals surface area contributed by atoms with E-state index in [1.807, 2.05) is 13.8 Å². The Hall–Kier alpha value is -1.50. The molecule has 6 nitrogen and oxygen atoms in total. The van der Waals surface area contributed by atoms with Crippen molar-refractivity contribution in [2.75, 3.05) is 6.61 Å². The fourth-order valence-corrected chi connectivity index (χ4v) is 6.94. The number of hydrogen-bond acceptors (Lipinski definition) is 6. The number of carbonyl (C=O) groups excluding carboxylic acids is 2. The Morgan fingerprint density at radius 2 is 1.93 bits per heavy atom. The second kappa shape index (κ2) is 5.75. The number of fused-ring (bicyclic) bond motifs is 5. The third kappa shape index (κ3) is 2.12. The molecule has 7 atom stereocenters. The Morgan fingerprint density at radius 3 is 2.59 bits per heavy atom. The first-order valence-electron chi connectivity index (χ1n) is 9.81. The first-order chi connectivity index (χ1) is 12.6. The van der Waals surface area contributed by atoms with Crippen molar-refractivity contribution in [1.29, 1.82) is 0 Å². The minimum Gasteiger partial charge on any atom is -0.508 e. The van der Waals surface area contributed by atoms with Crippen LogP contribution in [0.4, 0.5) is 0 Å². The van der Waals surface area contributed by atoms with Gasteiger partial charge >= 0.3 is 0 Å². The minimum atomic E-state index is -1.94. The molecule has 0 aliphatic heterocycles. The molecule has 27 heavy (non-hydrogen) atoms. The summed E-state index contributed by atoms with van der Waals surface area (Å²) in [7, 11) is 0. The molecule has 0 radical (unpaired) electrons. The predicted octanol–water partition coefficient (Wildman–Crippen LogP) is 1.44. The van der Waals surface area contributed by atoms with Crippen molar-refractivity contribution >= 4 is 11.6 Å². The van der Waals surface area contributed by atoms with Crippen LogP contribution in [0, 0.1) is 28.6 Å². The molecule has 0 unspecified atom stereocenters. The summed E-state index contributed by atoms with van der Waals surface area (Å²) in [6.45, 7) is 3.00. The van der Waals surface area contributed by atoms with E-state index in [-0.39, 0.29) is 29.3 Å². The van der Waals surface area contributed by atoms with Crippen LogP contribution in [0.5, 0.6) is 0 Å². The molecule has 3 fully saturated rings. The van der Waals surface area contributed by atoms with Gasteiger partial charge in [0, 0.05) is 11.5 Å². The number of aliphatic hydroxyl groups excluding tert-OH is 3. The number of rotatable bonds is 2. The average Bonchev–Trinajstić information content (AvgIpc) is 2.83. The van der Waals surface area contributed by atoms with Crippen LogP contribution in [0.3, 0.4) is 0 Å². The van der Waals surface area contributed by atoms with Gasteiger partial charge in [-0.15, -0.1) is 0 Å². The van der Waals surface area contributed by atoms with Crippen LogP contribution in [0.2, 0.25) is 0 Å². The molecule has 0 aromatic carbocycles. The second-order valence-electron chi connectivity index (χ2n) is 9.28. The standard InChI is InChI=1S/C21H28O6/c1-19-6-5-14-13(15(19)9-17(25)21(19,27)18(26)10-22)4-3-11-7-12(23)8-16(24)20(11,14)2/h7-8,13-15,17,22-23,25,27H,3-6,9-10H2,1-2H3/t13-,14+,15+,17-,19+,20+,21+/m1/s1. The Labute approximate surface area is 158 Å². The van der Waals surface area contributed by atoms with Crippen LogP contribution in [-0.4, -0.2) is 50.3 Å². The highest BCUT2D eigenvalue weighted by atomic mass is 16.4. The van der Waals surface area contributed by atoms with Crippen LogP contribution in [0.15, 0.2) is 23.5 Å². The molecule has 4 aliphatic rings. The largest absolute Gasteiger partial charge is 0.508 e. The minimum absolute atomic E-state index is 0.00535. The van der Waals surface area contributed by atoms with Crippen molar-refractivity contribution in [3.05, 3.63) is 23.5 Å². The number of Topliss-reactive ketones (excluding diaryl/α,β-unsaturated/α-hetero) is 1. The van der Waals surface area contributed by atoms with Gasteiger partial charge in [0.25, 0.3) is 0 Å². The zero-order valence-corrected chi connectivity index (χ0v) is 15.8. The molecule has 4 aliphatic carbocycles. The fraction of sp³-hybridized carbons (Fsp3) is 0.714. The smallest absolute Gasteiger partial charge is 0.192 e. The van der Waals surface area contributed by atoms with Gasteiger partial charge in [0.1, 0.15) is 12.4 Å². The first kappa shape index (κ1) is 18.8. The van der Waals surface area contributed by atoms with Crippen molar-refractivity contribution in [2.24, 2.45) is 28.6 Å². The molecule has 0 amide bonds. The first-order valence-corrected chi connectivity index (χ1v) is 9.81. The molecule has 148 valence electrons. The lowest BCUT2D eigenvalue weighted by molar-refractivity contribution is -0.178. The molecule has 3 saturated carbocycles. The SMILES string of the molecule is C[C@]12C(=O)C=C(O)C=C1CC[C@@H]1[C@@H]2CC[C@@]2(C)[C@H]1C[C@@H](O)[C@]2(O)C(=O)CO. The van der Waals surface area contributed by atoms with Gasteiger partial charge in [0.2, 0.25) is 0 Å². The molecule has 6 heteroatoms. The number of allylic oxidation sites excluding steroid dienone is 3. The molecule has 4 rings (SSSR count). The second-order valence-corrected chi connectivity index (χ2v) is 9.28. The van der Waals surface area contributed by atoms with Gasteiger partial charge in [0.05, 0.1) is 11.5 Å². The third-order valence-electron chi connectivity index (χ3n) is 8.49. The van der Waals surface area contributed by atoms with E-state index in [2.05, 4.69) is 0 Å². The number of carbonyl (C=O) groups is 2. The Kier molecular flexibility index (Phi) is 4.01. The number of aliphatic hydroxyl groups is 4. The van der Waals surface area contributed by atoms with Gasteiger partial charge in [-0.2, -0.15) is 0 Å². The molecule has 0 aromatic rings. The third-order valence-corrected chi connectivity index (χ3v) is 8.49. The van der Waals surface area contributed by atoms with E-state index in [4.69, 9.17) is 0 Å². The number of hydrogen-bond donors (Lipinski definition) is 4. The molecule has 0 heterocycles. The van der Waals surface area contributed by atoms with E-state index in [1.54, 1.807) is 6.08 Å². The summed E-state index contributed by atoms with van der Waals surface area (Å²) in [5.74, 6) is -0.758. The lowest BCUT2D eigenvalue weighted by atomic mass is 9.46. The number of ketones is 2. The van der Waals surface area contributed by atoms with Crippen LogP contribution in [-0.2, 0) is 9.59 Å². The quantitative estimate of drug-likeness (QED) is 0.580. The van der Waals surface area contributed by atoms with Crippen molar-refractivity contribution in [3.63, 3.8) is 0 Å². The highest BCUT2D eigenvalue weighted by Gasteiger charge is 2.70. The van der Waals surface area contributed by atoms with E-state index < -0.39 is 34.9 Å². The fourth-order valence-electron chi connectivity index (χ4n) is 6.94. The molecule has 4 N–H and O–H groups in total. The Morgan fingerprint density at radius 1 is 1.22 bits per heavy atom. The maximum absolute atomic E-state index is 12.9. The summed E-state index contributed by atoms with van der Waals surface area (Å²) in [6.07, 6.45) is 4.73. The monoisotopic (exact) mass is 376 g/mol. The van der Waals surface area contributed by atoms with Gasteiger partial charge in [-0.25, -0.2) is 0 Å². The van der Waals surface area contributed by atoms with Crippen molar-refractivity contribution in [1.82, 2.24) is 0 Å². The summed E-state index contributed by atoms with van der Waals surface area (Å²) in [6, 6.07) is 0. The molecule has 0 spiro atoms. The van der Waals surface area contributed by atoms with E-state index in [9.17, 15) is 30.0 Å². The predicted molar refractivity (Wildman–Crippen MR) is 96.6 cm³/mol. The lowest BCUT2D eigenvalue weighted by Crippen LogP contribution is -2.61.